The molecule has 0 aliphatic carbocycles. The average Bonchev–Trinajstić information content (AvgIpc) is 2.92. The molecule has 1 fully saturated rings. The number of rotatable bonds is 2. The molecule has 1 heterocycles. The number of nitrogens with zero attached hydrogens (tertiary/aromatic N) is 2. The molecule has 0 unspecified atom stereocenters. The molecular weight excluding hydrogens is 369 g/mol. The highest BCUT2D eigenvalue weighted by molar-refractivity contribution is 5.96. The molecular formula is C21H21F3N2O2. The van der Waals surface area contributed by atoms with Gasteiger partial charge in [-0.2, -0.15) is 13.2 Å². The molecule has 2 aromatic carbocycles. The molecule has 0 aromatic heterocycles. The van der Waals surface area contributed by atoms with Gasteiger partial charge in [-0.25, -0.2) is 0 Å². The third-order valence-electron chi connectivity index (χ3n) is 4.80. The van der Waals surface area contributed by atoms with Crippen molar-refractivity contribution in [3.63, 3.8) is 0 Å². The summed E-state index contributed by atoms with van der Waals surface area (Å²) in [5.74, 6) is -0.786. The lowest BCUT2D eigenvalue weighted by molar-refractivity contribution is -0.138. The number of hydrogen-bond acceptors (Lipinski definition) is 2. The fourth-order valence-electron chi connectivity index (χ4n) is 3.37. The number of halogens is 3. The summed E-state index contributed by atoms with van der Waals surface area (Å²) in [6, 6.07) is 12.1. The van der Waals surface area contributed by atoms with Crippen molar-refractivity contribution in [3.05, 3.63) is 70.8 Å². The zero-order chi connectivity index (χ0) is 20.3. The first kappa shape index (κ1) is 19.9. The van der Waals surface area contributed by atoms with Gasteiger partial charge in [-0.05, 0) is 37.6 Å². The molecule has 1 saturated heterocycles. The molecule has 0 atom stereocenters. The maximum Gasteiger partial charge on any atom is 0.417 e. The molecule has 0 N–H and O–H groups in total. The van der Waals surface area contributed by atoms with E-state index in [2.05, 4.69) is 0 Å². The molecule has 7 heteroatoms. The molecule has 1 aliphatic heterocycles. The van der Waals surface area contributed by atoms with Gasteiger partial charge in [-0.1, -0.05) is 29.8 Å². The van der Waals surface area contributed by atoms with E-state index in [0.717, 1.165) is 11.6 Å². The van der Waals surface area contributed by atoms with Crippen LogP contribution in [0.1, 0.15) is 38.3 Å². The van der Waals surface area contributed by atoms with E-state index in [4.69, 9.17) is 0 Å². The highest BCUT2D eigenvalue weighted by atomic mass is 19.4. The van der Waals surface area contributed by atoms with Gasteiger partial charge in [0.25, 0.3) is 11.8 Å². The second kappa shape index (κ2) is 8.04. The second-order valence-corrected chi connectivity index (χ2v) is 6.85. The first-order chi connectivity index (χ1) is 13.3. The molecule has 28 heavy (non-hydrogen) atoms. The number of benzene rings is 2. The molecule has 0 radical (unpaired) electrons. The predicted octanol–water partition coefficient (Wildman–Crippen LogP) is 4.00. The summed E-state index contributed by atoms with van der Waals surface area (Å²) in [5, 5.41) is 0. The van der Waals surface area contributed by atoms with Crippen LogP contribution >= 0.6 is 0 Å². The van der Waals surface area contributed by atoms with Gasteiger partial charge >= 0.3 is 6.18 Å². The summed E-state index contributed by atoms with van der Waals surface area (Å²) >= 11 is 0. The fourth-order valence-corrected chi connectivity index (χ4v) is 3.37. The first-order valence-corrected chi connectivity index (χ1v) is 9.09. The predicted molar refractivity (Wildman–Crippen MR) is 99.0 cm³/mol. The van der Waals surface area contributed by atoms with Gasteiger partial charge in [0.15, 0.2) is 0 Å². The van der Waals surface area contributed by atoms with E-state index in [9.17, 15) is 22.8 Å². The van der Waals surface area contributed by atoms with Crippen LogP contribution in [0.15, 0.2) is 48.5 Å². The van der Waals surface area contributed by atoms with E-state index in [1.165, 1.54) is 23.1 Å². The van der Waals surface area contributed by atoms with Gasteiger partial charge in [-0.15, -0.1) is 0 Å². The summed E-state index contributed by atoms with van der Waals surface area (Å²) < 4.78 is 39.7. The van der Waals surface area contributed by atoms with Crippen LogP contribution < -0.4 is 0 Å². The maximum atomic E-state index is 13.2. The number of alkyl halides is 3. The van der Waals surface area contributed by atoms with Gasteiger partial charge in [0.2, 0.25) is 0 Å². The third-order valence-corrected chi connectivity index (χ3v) is 4.80. The van der Waals surface area contributed by atoms with Crippen molar-refractivity contribution >= 4 is 11.8 Å². The Morgan fingerprint density at radius 1 is 0.857 bits per heavy atom. The summed E-state index contributed by atoms with van der Waals surface area (Å²) in [5.41, 5.74) is 0.258. The minimum atomic E-state index is -4.59. The van der Waals surface area contributed by atoms with E-state index in [-0.39, 0.29) is 24.6 Å². The zero-order valence-electron chi connectivity index (χ0n) is 15.5. The van der Waals surface area contributed by atoms with Crippen LogP contribution in [0.3, 0.4) is 0 Å². The number of carbonyl (C=O) groups excluding carboxylic acids is 2. The summed E-state index contributed by atoms with van der Waals surface area (Å²) in [7, 11) is 0. The average molecular weight is 390 g/mol. The lowest BCUT2D eigenvalue weighted by Gasteiger charge is -2.23. The fraction of sp³-hybridized carbons (Fsp3) is 0.333. The van der Waals surface area contributed by atoms with Crippen LogP contribution in [0.25, 0.3) is 0 Å². The Balaban J connectivity index is 1.74. The van der Waals surface area contributed by atoms with Crippen molar-refractivity contribution in [3.8, 4) is 0 Å². The van der Waals surface area contributed by atoms with Crippen LogP contribution in [0.4, 0.5) is 13.2 Å². The maximum absolute atomic E-state index is 13.2. The molecule has 4 nitrogen and oxygen atoms in total. The Labute approximate surface area is 161 Å². The number of hydrogen-bond donors (Lipinski definition) is 0. The molecule has 148 valence electrons. The van der Waals surface area contributed by atoms with E-state index in [1.54, 1.807) is 17.0 Å². The Hall–Kier alpha value is -2.83. The SMILES string of the molecule is Cc1cccc(C(=O)N2CCCN(C(=O)c3ccccc3C(F)(F)F)CC2)c1. The normalized spacial score (nSPS) is 15.3. The van der Waals surface area contributed by atoms with E-state index >= 15 is 0 Å². The van der Waals surface area contributed by atoms with E-state index in [0.29, 0.717) is 25.1 Å². The molecule has 1 aliphatic rings. The molecule has 2 amide bonds. The van der Waals surface area contributed by atoms with Crippen molar-refractivity contribution < 1.29 is 22.8 Å². The lowest BCUT2D eigenvalue weighted by Crippen LogP contribution is -2.38. The minimum absolute atomic E-state index is 0.131. The van der Waals surface area contributed by atoms with E-state index < -0.39 is 17.6 Å². The largest absolute Gasteiger partial charge is 0.417 e. The van der Waals surface area contributed by atoms with Crippen LogP contribution in [0.2, 0.25) is 0 Å². The highest BCUT2D eigenvalue weighted by Gasteiger charge is 2.36. The van der Waals surface area contributed by atoms with Gasteiger partial charge in [-0.3, -0.25) is 9.59 Å². The van der Waals surface area contributed by atoms with Crippen molar-refractivity contribution in [2.45, 2.75) is 19.5 Å². The van der Waals surface area contributed by atoms with Crippen molar-refractivity contribution in [2.24, 2.45) is 0 Å². The van der Waals surface area contributed by atoms with Crippen molar-refractivity contribution in [1.82, 2.24) is 9.80 Å². The van der Waals surface area contributed by atoms with Crippen molar-refractivity contribution in [2.75, 3.05) is 26.2 Å². The van der Waals surface area contributed by atoms with Crippen LogP contribution in [0, 0.1) is 6.92 Å². The first-order valence-electron chi connectivity index (χ1n) is 9.09. The lowest BCUT2D eigenvalue weighted by atomic mass is 10.1. The molecule has 2 aromatic rings. The molecule has 3 rings (SSSR count). The Morgan fingerprint density at radius 3 is 2.14 bits per heavy atom. The molecule has 0 saturated carbocycles. The van der Waals surface area contributed by atoms with Gasteiger partial charge in [0.1, 0.15) is 0 Å². The molecule has 0 spiro atoms. The number of amides is 2. The third kappa shape index (κ3) is 4.35. The summed E-state index contributed by atoms with van der Waals surface area (Å²) in [4.78, 5) is 28.5. The monoisotopic (exact) mass is 390 g/mol. The quantitative estimate of drug-likeness (QED) is 0.778. The topological polar surface area (TPSA) is 40.6 Å². The van der Waals surface area contributed by atoms with Crippen molar-refractivity contribution in [1.29, 1.82) is 0 Å². The number of aryl methyl sites for hydroxylation is 1. The number of carbonyl (C=O) groups is 2. The van der Waals surface area contributed by atoms with Crippen LogP contribution in [-0.2, 0) is 6.18 Å². The minimum Gasteiger partial charge on any atom is -0.337 e. The smallest absolute Gasteiger partial charge is 0.337 e. The van der Waals surface area contributed by atoms with Crippen LogP contribution in [0.5, 0.6) is 0 Å². The van der Waals surface area contributed by atoms with E-state index in [1.807, 2.05) is 19.1 Å². The van der Waals surface area contributed by atoms with Crippen LogP contribution in [-0.4, -0.2) is 47.8 Å². The van der Waals surface area contributed by atoms with Gasteiger partial charge < -0.3 is 9.80 Å². The zero-order valence-corrected chi connectivity index (χ0v) is 15.5. The Bertz CT molecular complexity index is 880. The summed E-state index contributed by atoms with van der Waals surface area (Å²) in [6.07, 6.45) is -4.08. The standard InChI is InChI=1S/C21H21F3N2O2/c1-15-6-4-7-16(14-15)19(27)25-10-5-11-26(13-12-25)20(28)17-8-2-3-9-18(17)21(22,23)24/h2-4,6-9,14H,5,10-13H2,1H3. The Kier molecular flexibility index (Phi) is 5.72. The molecule has 0 bridgehead atoms. The highest BCUT2D eigenvalue weighted by Crippen LogP contribution is 2.32. The Morgan fingerprint density at radius 2 is 1.50 bits per heavy atom. The second-order valence-electron chi connectivity index (χ2n) is 6.85. The summed E-state index contributed by atoms with van der Waals surface area (Å²) in [6.45, 7) is 3.15. The van der Waals surface area contributed by atoms with Gasteiger partial charge in [0.05, 0.1) is 11.1 Å². The van der Waals surface area contributed by atoms with Gasteiger partial charge in [0, 0.05) is 31.7 Å².